The van der Waals surface area contributed by atoms with Crippen molar-refractivity contribution in [1.82, 2.24) is 20.2 Å². The summed E-state index contributed by atoms with van der Waals surface area (Å²) in [5.41, 5.74) is 4.23. The molecule has 2 aromatic rings. The van der Waals surface area contributed by atoms with E-state index in [1.165, 1.54) is 11.8 Å². The molecule has 104 valence electrons. The van der Waals surface area contributed by atoms with E-state index in [1.807, 2.05) is 38.4 Å². The molecule has 0 radical (unpaired) electrons. The molecule has 0 saturated carbocycles. The monoisotopic (exact) mass is 289 g/mol. The minimum atomic E-state index is -0.168. The van der Waals surface area contributed by atoms with Gasteiger partial charge in [0.05, 0.1) is 22.7 Å². The highest BCUT2D eigenvalue weighted by Crippen LogP contribution is 2.12. The van der Waals surface area contributed by atoms with Crippen molar-refractivity contribution >= 4 is 23.9 Å². The summed E-state index contributed by atoms with van der Waals surface area (Å²) in [7, 11) is 1.84. The zero-order valence-electron chi connectivity index (χ0n) is 11.3. The Hall–Kier alpha value is -2.15. The zero-order chi connectivity index (χ0) is 14.4. The third-order valence-electron chi connectivity index (χ3n) is 2.43. The minimum absolute atomic E-state index is 0.168. The van der Waals surface area contributed by atoms with Crippen molar-refractivity contribution in [2.75, 3.05) is 5.75 Å². The number of hydrogen-bond donors (Lipinski definition) is 1. The first kappa shape index (κ1) is 14.3. The van der Waals surface area contributed by atoms with E-state index in [0.29, 0.717) is 0 Å². The molecule has 2 aromatic heterocycles. The van der Waals surface area contributed by atoms with Gasteiger partial charge in [-0.2, -0.15) is 10.2 Å². The van der Waals surface area contributed by atoms with Gasteiger partial charge in [-0.3, -0.25) is 9.48 Å². The summed E-state index contributed by atoms with van der Waals surface area (Å²) in [5, 5.41) is 8.92. The number of nitrogens with one attached hydrogen (secondary N) is 1. The molecule has 6 nitrogen and oxygen atoms in total. The average molecular weight is 289 g/mol. The molecule has 2 rings (SSSR count). The van der Waals surface area contributed by atoms with Gasteiger partial charge >= 0.3 is 0 Å². The number of nitrogens with zero attached hydrogens (tertiary/aromatic N) is 4. The van der Waals surface area contributed by atoms with Crippen LogP contribution in [-0.4, -0.2) is 32.6 Å². The van der Waals surface area contributed by atoms with Gasteiger partial charge in [-0.15, -0.1) is 0 Å². The van der Waals surface area contributed by atoms with E-state index < -0.39 is 0 Å². The molecule has 2 heterocycles. The average Bonchev–Trinajstić information content (AvgIpc) is 2.76. The fourth-order valence-electron chi connectivity index (χ4n) is 1.52. The van der Waals surface area contributed by atoms with Crippen LogP contribution >= 0.6 is 11.8 Å². The largest absolute Gasteiger partial charge is 0.275 e. The van der Waals surface area contributed by atoms with Gasteiger partial charge in [-0.25, -0.2) is 10.4 Å². The second kappa shape index (κ2) is 6.85. The van der Waals surface area contributed by atoms with Crippen LogP contribution in [0, 0.1) is 6.92 Å². The molecule has 1 amide bonds. The van der Waals surface area contributed by atoms with Crippen LogP contribution in [0.3, 0.4) is 0 Å². The number of hydrazone groups is 1. The molecule has 20 heavy (non-hydrogen) atoms. The molecule has 0 aliphatic heterocycles. The number of aromatic nitrogens is 3. The molecule has 0 atom stereocenters. The number of rotatable bonds is 5. The Kier molecular flexibility index (Phi) is 4.89. The van der Waals surface area contributed by atoms with Gasteiger partial charge in [0.1, 0.15) is 0 Å². The van der Waals surface area contributed by atoms with E-state index in [0.717, 1.165) is 16.3 Å². The number of carbonyl (C=O) groups excluding carboxylic acids is 1. The fraction of sp³-hybridized carbons (Fsp3) is 0.231. The Balaban J connectivity index is 1.79. The quantitative estimate of drug-likeness (QED) is 0.512. The van der Waals surface area contributed by atoms with Crippen LogP contribution in [0.5, 0.6) is 0 Å². The van der Waals surface area contributed by atoms with Crippen LogP contribution < -0.4 is 5.43 Å². The van der Waals surface area contributed by atoms with Gasteiger partial charge in [-0.05, 0) is 19.1 Å². The van der Waals surface area contributed by atoms with Crippen LogP contribution in [0.15, 0.2) is 40.7 Å². The first-order valence-electron chi connectivity index (χ1n) is 6.01. The van der Waals surface area contributed by atoms with Gasteiger partial charge in [0.15, 0.2) is 0 Å². The molecule has 0 saturated heterocycles. The van der Waals surface area contributed by atoms with Crippen molar-refractivity contribution in [2.24, 2.45) is 12.1 Å². The summed E-state index contributed by atoms with van der Waals surface area (Å²) in [6, 6.07) is 5.58. The third-order valence-corrected chi connectivity index (χ3v) is 3.38. The van der Waals surface area contributed by atoms with Crippen molar-refractivity contribution in [2.45, 2.75) is 11.9 Å². The maximum absolute atomic E-state index is 11.6. The van der Waals surface area contributed by atoms with Gasteiger partial charge in [0, 0.05) is 25.0 Å². The first-order valence-corrected chi connectivity index (χ1v) is 6.99. The maximum atomic E-state index is 11.6. The summed E-state index contributed by atoms with van der Waals surface area (Å²) < 4.78 is 1.70. The molecule has 0 aromatic carbocycles. The normalized spacial score (nSPS) is 10.9. The van der Waals surface area contributed by atoms with Gasteiger partial charge < -0.3 is 0 Å². The highest BCUT2D eigenvalue weighted by atomic mass is 32.2. The van der Waals surface area contributed by atoms with E-state index >= 15 is 0 Å². The number of hydrogen-bond acceptors (Lipinski definition) is 5. The summed E-state index contributed by atoms with van der Waals surface area (Å²) in [6.45, 7) is 1.89. The molecule has 0 fully saturated rings. The van der Waals surface area contributed by atoms with E-state index in [1.54, 1.807) is 17.1 Å². The summed E-state index contributed by atoms with van der Waals surface area (Å²) in [5.74, 6) is 0.110. The highest BCUT2D eigenvalue weighted by molar-refractivity contribution is 7.99. The Morgan fingerprint density at radius 1 is 1.55 bits per heavy atom. The molecule has 0 bridgehead atoms. The summed E-state index contributed by atoms with van der Waals surface area (Å²) >= 11 is 1.37. The van der Waals surface area contributed by atoms with E-state index in [9.17, 15) is 4.79 Å². The highest BCUT2D eigenvalue weighted by Gasteiger charge is 2.03. The van der Waals surface area contributed by atoms with Crippen LogP contribution in [-0.2, 0) is 11.8 Å². The van der Waals surface area contributed by atoms with E-state index in [2.05, 4.69) is 20.6 Å². The Morgan fingerprint density at radius 2 is 2.40 bits per heavy atom. The number of carbonyl (C=O) groups is 1. The lowest BCUT2D eigenvalue weighted by molar-refractivity contribution is -0.118. The van der Waals surface area contributed by atoms with E-state index in [-0.39, 0.29) is 11.7 Å². The standard InChI is InChI=1S/C13H15N5OS/c1-10-11(8-18(2)17-10)7-15-16-12(19)9-20-13-5-3-4-6-14-13/h3-8H,9H2,1-2H3,(H,16,19)/b15-7+. The molecule has 1 N–H and O–H groups in total. The second-order valence-corrected chi connectivity index (χ2v) is 5.09. The van der Waals surface area contributed by atoms with Crippen molar-refractivity contribution in [3.05, 3.63) is 41.9 Å². The van der Waals surface area contributed by atoms with Crippen molar-refractivity contribution in [3.63, 3.8) is 0 Å². The lowest BCUT2D eigenvalue weighted by Crippen LogP contribution is -2.19. The van der Waals surface area contributed by atoms with E-state index in [4.69, 9.17) is 0 Å². The van der Waals surface area contributed by atoms with Crippen LogP contribution in [0.2, 0.25) is 0 Å². The van der Waals surface area contributed by atoms with Crippen LogP contribution in [0.1, 0.15) is 11.3 Å². The Labute approximate surface area is 121 Å². The lowest BCUT2D eigenvalue weighted by atomic mass is 10.3. The van der Waals surface area contributed by atoms with Crippen LogP contribution in [0.25, 0.3) is 0 Å². The third kappa shape index (κ3) is 4.20. The molecular weight excluding hydrogens is 274 g/mol. The first-order chi connectivity index (χ1) is 9.65. The molecular formula is C13H15N5OS. The smallest absolute Gasteiger partial charge is 0.250 e. The Bertz CT molecular complexity index is 608. The molecule has 0 aliphatic rings. The predicted molar refractivity (Wildman–Crippen MR) is 78.6 cm³/mol. The molecule has 0 spiro atoms. The number of pyridine rings is 1. The van der Waals surface area contributed by atoms with Crippen LogP contribution in [0.4, 0.5) is 0 Å². The Morgan fingerprint density at radius 3 is 3.05 bits per heavy atom. The van der Waals surface area contributed by atoms with Gasteiger partial charge in [-0.1, -0.05) is 17.8 Å². The topological polar surface area (TPSA) is 72.2 Å². The summed E-state index contributed by atoms with van der Waals surface area (Å²) in [4.78, 5) is 15.7. The zero-order valence-corrected chi connectivity index (χ0v) is 12.1. The van der Waals surface area contributed by atoms with Crippen molar-refractivity contribution < 1.29 is 4.79 Å². The minimum Gasteiger partial charge on any atom is -0.275 e. The number of amides is 1. The van der Waals surface area contributed by atoms with Gasteiger partial charge in [0.25, 0.3) is 0 Å². The molecule has 0 aliphatic carbocycles. The molecule has 7 heteroatoms. The van der Waals surface area contributed by atoms with Crippen molar-refractivity contribution in [1.29, 1.82) is 0 Å². The maximum Gasteiger partial charge on any atom is 0.250 e. The van der Waals surface area contributed by atoms with Crippen molar-refractivity contribution in [3.8, 4) is 0 Å². The lowest BCUT2D eigenvalue weighted by Gasteiger charge is -1.99. The number of aryl methyl sites for hydroxylation is 2. The predicted octanol–water partition coefficient (Wildman–Crippen LogP) is 1.37. The molecule has 0 unspecified atom stereocenters. The summed E-state index contributed by atoms with van der Waals surface area (Å²) in [6.07, 6.45) is 5.13. The fourth-order valence-corrected chi connectivity index (χ4v) is 2.18. The second-order valence-electron chi connectivity index (χ2n) is 4.09. The SMILES string of the molecule is Cc1nn(C)cc1/C=N/NC(=O)CSc1ccccn1. The van der Waals surface area contributed by atoms with Gasteiger partial charge in [0.2, 0.25) is 5.91 Å². The number of thioether (sulfide) groups is 1.